The molecule has 8 nitrogen and oxygen atoms in total. The fourth-order valence-electron chi connectivity index (χ4n) is 3.49. The van der Waals surface area contributed by atoms with E-state index in [1.807, 2.05) is 6.07 Å². The number of fused-ring (bicyclic) bond motifs is 1. The van der Waals surface area contributed by atoms with E-state index in [4.69, 9.17) is 5.26 Å². The van der Waals surface area contributed by atoms with E-state index in [1.165, 1.54) is 43.1 Å². The van der Waals surface area contributed by atoms with Crippen LogP contribution in [0.2, 0.25) is 0 Å². The van der Waals surface area contributed by atoms with Gasteiger partial charge in [0.1, 0.15) is 12.2 Å². The van der Waals surface area contributed by atoms with Gasteiger partial charge >= 0.3 is 11.9 Å². The minimum atomic E-state index is -4.76. The molecule has 3 rings (SSSR count). The molecule has 162 valence electrons. The molecule has 0 radical (unpaired) electrons. The summed E-state index contributed by atoms with van der Waals surface area (Å²) in [4.78, 5) is 37.8. The number of likely N-dealkylation sites (N-methyl/N-ethyl adjacent to an activating group) is 1. The summed E-state index contributed by atoms with van der Waals surface area (Å²) < 4.78 is 44.7. The Hall–Kier alpha value is -3.81. The third-order valence-corrected chi connectivity index (χ3v) is 5.11. The second-order valence-corrected chi connectivity index (χ2v) is 7.07. The van der Waals surface area contributed by atoms with Gasteiger partial charge in [-0.3, -0.25) is 18.7 Å². The molecule has 0 saturated carbocycles. The lowest BCUT2D eigenvalue weighted by molar-refractivity contribution is -0.189. The number of nitriles is 1. The minimum absolute atomic E-state index is 0.136. The van der Waals surface area contributed by atoms with Gasteiger partial charge in [-0.15, -0.1) is 0 Å². The van der Waals surface area contributed by atoms with Gasteiger partial charge in [0.05, 0.1) is 17.0 Å². The molecule has 0 aliphatic carbocycles. The van der Waals surface area contributed by atoms with Crippen molar-refractivity contribution in [3.8, 4) is 6.07 Å². The predicted molar refractivity (Wildman–Crippen MR) is 105 cm³/mol. The molecule has 3 aromatic rings. The Morgan fingerprint density at radius 3 is 2.29 bits per heavy atom. The van der Waals surface area contributed by atoms with Crippen LogP contribution in [0.5, 0.6) is 0 Å². The van der Waals surface area contributed by atoms with E-state index in [-0.39, 0.29) is 22.2 Å². The number of aryl methyl sites for hydroxylation is 1. The Kier molecular flexibility index (Phi) is 5.50. The van der Waals surface area contributed by atoms with Crippen molar-refractivity contribution in [2.24, 2.45) is 14.1 Å². The summed E-state index contributed by atoms with van der Waals surface area (Å²) in [7, 11) is 3.75. The molecule has 0 aliphatic heterocycles. The Labute approximate surface area is 174 Å². The number of benzene rings is 1. The molecular weight excluding hydrogens is 415 g/mol. The highest BCUT2D eigenvalue weighted by Gasteiger charge is 2.45. The standard InChI is InChI=1S/C20H18F3N5O3/c1-25(16(20(21,22)23)13-6-4-12(10-24)5-7-13)15(29)11-28-9-8-14-17(28)26(2)19(31)27(3)18(14)30/h4-9,16H,11H2,1-3H3. The summed E-state index contributed by atoms with van der Waals surface area (Å²) in [6.45, 7) is -0.511. The second kappa shape index (κ2) is 7.79. The van der Waals surface area contributed by atoms with Crippen molar-refractivity contribution in [2.75, 3.05) is 7.05 Å². The average molecular weight is 433 g/mol. The van der Waals surface area contributed by atoms with Crippen LogP contribution in [0.3, 0.4) is 0 Å². The van der Waals surface area contributed by atoms with Crippen LogP contribution in [0, 0.1) is 11.3 Å². The molecule has 0 aliphatic rings. The first-order valence-electron chi connectivity index (χ1n) is 9.04. The fourth-order valence-corrected chi connectivity index (χ4v) is 3.49. The van der Waals surface area contributed by atoms with Crippen molar-refractivity contribution in [2.45, 2.75) is 18.8 Å². The van der Waals surface area contributed by atoms with Crippen LogP contribution >= 0.6 is 0 Å². The lowest BCUT2D eigenvalue weighted by atomic mass is 10.0. The van der Waals surface area contributed by atoms with Crippen molar-refractivity contribution in [3.05, 3.63) is 68.5 Å². The first-order chi connectivity index (χ1) is 14.5. The largest absolute Gasteiger partial charge is 0.413 e. The van der Waals surface area contributed by atoms with Crippen LogP contribution in [-0.4, -0.2) is 37.7 Å². The first kappa shape index (κ1) is 21.9. The maximum Gasteiger partial charge on any atom is 0.413 e. The highest BCUT2D eigenvalue weighted by atomic mass is 19.4. The van der Waals surface area contributed by atoms with Crippen molar-refractivity contribution in [1.29, 1.82) is 5.26 Å². The van der Waals surface area contributed by atoms with E-state index < -0.39 is 35.9 Å². The van der Waals surface area contributed by atoms with Crippen molar-refractivity contribution < 1.29 is 18.0 Å². The highest BCUT2D eigenvalue weighted by molar-refractivity contribution is 5.81. The molecule has 2 aromatic heterocycles. The van der Waals surface area contributed by atoms with E-state index in [2.05, 4.69) is 0 Å². The maximum absolute atomic E-state index is 13.8. The molecule has 0 spiro atoms. The fraction of sp³-hybridized carbons (Fsp3) is 0.300. The monoisotopic (exact) mass is 433 g/mol. The van der Waals surface area contributed by atoms with Crippen LogP contribution in [0.1, 0.15) is 17.2 Å². The van der Waals surface area contributed by atoms with E-state index >= 15 is 0 Å². The number of carbonyl (C=O) groups is 1. The third-order valence-electron chi connectivity index (χ3n) is 5.11. The predicted octanol–water partition coefficient (Wildman–Crippen LogP) is 1.67. The molecule has 0 saturated heterocycles. The minimum Gasteiger partial charge on any atom is -0.328 e. The van der Waals surface area contributed by atoms with E-state index in [1.54, 1.807) is 0 Å². The smallest absolute Gasteiger partial charge is 0.328 e. The Morgan fingerprint density at radius 2 is 1.74 bits per heavy atom. The molecular formula is C20H18F3N5O3. The van der Waals surface area contributed by atoms with Gasteiger partial charge < -0.3 is 9.47 Å². The highest BCUT2D eigenvalue weighted by Crippen LogP contribution is 2.37. The number of halogens is 3. The molecule has 11 heteroatoms. The van der Waals surface area contributed by atoms with Gasteiger partial charge in [0.15, 0.2) is 6.04 Å². The van der Waals surface area contributed by atoms with E-state index in [0.717, 1.165) is 28.3 Å². The zero-order valence-corrected chi connectivity index (χ0v) is 16.8. The molecule has 1 amide bonds. The van der Waals surface area contributed by atoms with Crippen molar-refractivity contribution in [1.82, 2.24) is 18.6 Å². The van der Waals surface area contributed by atoms with Gasteiger partial charge in [0.25, 0.3) is 5.56 Å². The molecule has 1 aromatic carbocycles. The molecule has 0 bridgehead atoms. The number of alkyl halides is 3. The molecule has 1 atom stereocenters. The lowest BCUT2D eigenvalue weighted by Crippen LogP contribution is -2.41. The lowest BCUT2D eigenvalue weighted by Gasteiger charge is -2.30. The first-order valence-corrected chi connectivity index (χ1v) is 9.04. The molecule has 31 heavy (non-hydrogen) atoms. The number of hydrogen-bond acceptors (Lipinski definition) is 4. The summed E-state index contributed by atoms with van der Waals surface area (Å²) in [5, 5.41) is 9.01. The Morgan fingerprint density at radius 1 is 1.13 bits per heavy atom. The number of rotatable bonds is 4. The summed E-state index contributed by atoms with van der Waals surface area (Å²) >= 11 is 0. The van der Waals surface area contributed by atoms with E-state index in [0.29, 0.717) is 4.90 Å². The average Bonchev–Trinajstić information content (AvgIpc) is 3.13. The van der Waals surface area contributed by atoms with Crippen LogP contribution in [0.4, 0.5) is 13.2 Å². The topological polar surface area (TPSA) is 93.0 Å². The van der Waals surface area contributed by atoms with Gasteiger partial charge in [0, 0.05) is 27.3 Å². The van der Waals surface area contributed by atoms with Gasteiger partial charge in [0.2, 0.25) is 5.91 Å². The summed E-state index contributed by atoms with van der Waals surface area (Å²) in [6.07, 6.45) is -3.39. The van der Waals surface area contributed by atoms with Gasteiger partial charge in [-0.2, -0.15) is 18.4 Å². The number of carbonyl (C=O) groups excluding carboxylic acids is 1. The van der Waals surface area contributed by atoms with Gasteiger partial charge in [-0.05, 0) is 23.8 Å². The Balaban J connectivity index is 1.99. The molecule has 0 fully saturated rings. The second-order valence-electron chi connectivity index (χ2n) is 7.07. The number of nitrogens with zero attached hydrogens (tertiary/aromatic N) is 5. The number of amides is 1. The van der Waals surface area contributed by atoms with Crippen LogP contribution in [0.15, 0.2) is 46.1 Å². The van der Waals surface area contributed by atoms with Crippen molar-refractivity contribution >= 4 is 16.9 Å². The van der Waals surface area contributed by atoms with Gasteiger partial charge in [-0.25, -0.2) is 4.79 Å². The van der Waals surface area contributed by atoms with Crippen LogP contribution in [0.25, 0.3) is 11.0 Å². The Bertz CT molecular complexity index is 1310. The molecule has 1 unspecified atom stereocenters. The quantitative estimate of drug-likeness (QED) is 0.626. The van der Waals surface area contributed by atoms with Crippen molar-refractivity contribution in [3.63, 3.8) is 0 Å². The molecule has 2 heterocycles. The normalized spacial score (nSPS) is 12.5. The third kappa shape index (κ3) is 3.84. The molecule has 0 N–H and O–H groups in total. The SMILES string of the molecule is CN(C(=O)Cn1ccc2c(=O)n(C)c(=O)n(C)c21)C(c1ccc(C#N)cc1)C(F)(F)F. The number of hydrogen-bond donors (Lipinski definition) is 0. The summed E-state index contributed by atoms with van der Waals surface area (Å²) in [5.74, 6) is -0.877. The van der Waals surface area contributed by atoms with Gasteiger partial charge in [-0.1, -0.05) is 12.1 Å². The maximum atomic E-state index is 13.8. The van der Waals surface area contributed by atoms with Crippen LogP contribution < -0.4 is 11.2 Å². The summed E-state index contributed by atoms with van der Waals surface area (Å²) in [6, 6.07) is 5.81. The zero-order chi connectivity index (χ0) is 23.1. The van der Waals surface area contributed by atoms with Crippen LogP contribution in [-0.2, 0) is 25.4 Å². The van der Waals surface area contributed by atoms with E-state index in [9.17, 15) is 27.6 Å². The summed E-state index contributed by atoms with van der Waals surface area (Å²) in [5.41, 5.74) is -1.05. The number of aromatic nitrogens is 3. The zero-order valence-electron chi connectivity index (χ0n) is 16.8.